The van der Waals surface area contributed by atoms with Crippen molar-refractivity contribution in [2.24, 2.45) is 0 Å². The Morgan fingerprint density at radius 2 is 0.895 bits per heavy atom. The molecule has 0 aliphatic heterocycles. The third-order valence-electron chi connectivity index (χ3n) is 6.23. The molecule has 0 aliphatic carbocycles. The van der Waals surface area contributed by atoms with Gasteiger partial charge in [-0.15, -0.1) is 0 Å². The van der Waals surface area contributed by atoms with Gasteiger partial charge in [-0.25, -0.2) is 0 Å². The minimum Gasteiger partial charge on any atom is -0.350 e. The first-order valence-corrected chi connectivity index (χ1v) is 12.8. The van der Waals surface area contributed by atoms with Gasteiger partial charge in [-0.3, -0.25) is 19.2 Å². The van der Waals surface area contributed by atoms with Crippen molar-refractivity contribution in [3.8, 4) is 0 Å². The van der Waals surface area contributed by atoms with Crippen LogP contribution < -0.4 is 21.3 Å². The highest BCUT2D eigenvalue weighted by Crippen LogP contribution is 2.19. The third kappa shape index (κ3) is 7.29. The van der Waals surface area contributed by atoms with Crippen LogP contribution in [0.5, 0.6) is 0 Å². The first kappa shape index (κ1) is 28.1. The second-order valence-electron chi connectivity index (χ2n) is 9.14. The Balaban J connectivity index is 1.70. The van der Waals surface area contributed by atoms with Crippen molar-refractivity contribution in [3.05, 3.63) is 95.1 Å². The fourth-order valence-electron chi connectivity index (χ4n) is 3.55. The van der Waals surface area contributed by atoms with E-state index >= 15 is 0 Å². The first-order valence-electron chi connectivity index (χ1n) is 12.8. The Morgan fingerprint density at radius 3 is 1.24 bits per heavy atom. The highest BCUT2D eigenvalue weighted by Gasteiger charge is 2.17. The molecule has 2 unspecified atom stereocenters. The fourth-order valence-corrected chi connectivity index (χ4v) is 3.55. The van der Waals surface area contributed by atoms with E-state index in [0.29, 0.717) is 33.6 Å². The number of amides is 4. The van der Waals surface area contributed by atoms with Crippen LogP contribution in [0, 0.1) is 0 Å². The van der Waals surface area contributed by atoms with E-state index in [1.165, 1.54) is 24.3 Å². The molecule has 0 aliphatic rings. The number of hydrogen-bond acceptors (Lipinski definition) is 4. The summed E-state index contributed by atoms with van der Waals surface area (Å²) < 4.78 is 0. The van der Waals surface area contributed by atoms with Crippen molar-refractivity contribution in [2.45, 2.75) is 52.6 Å². The van der Waals surface area contributed by atoms with Gasteiger partial charge in [0.1, 0.15) is 0 Å². The van der Waals surface area contributed by atoms with Crippen LogP contribution in [0.2, 0.25) is 0 Å². The minimum atomic E-state index is -0.409. The minimum absolute atomic E-state index is 0.00574. The topological polar surface area (TPSA) is 116 Å². The van der Waals surface area contributed by atoms with E-state index < -0.39 is 11.8 Å². The molecule has 198 valence electrons. The fraction of sp³-hybridized carbons (Fsp3) is 0.267. The van der Waals surface area contributed by atoms with Crippen LogP contribution in [0.4, 0.5) is 11.4 Å². The monoisotopic (exact) mass is 514 g/mol. The average Bonchev–Trinajstić information content (AvgIpc) is 2.93. The number of rotatable bonds is 10. The molecule has 0 bridgehead atoms. The number of nitrogens with one attached hydrogen (secondary N) is 4. The first-order chi connectivity index (χ1) is 18.2. The second kappa shape index (κ2) is 13.2. The van der Waals surface area contributed by atoms with Crippen LogP contribution in [0.3, 0.4) is 0 Å². The van der Waals surface area contributed by atoms with Crippen molar-refractivity contribution in [1.29, 1.82) is 0 Å². The zero-order valence-corrected chi connectivity index (χ0v) is 22.1. The Kier molecular flexibility index (Phi) is 9.76. The zero-order valence-electron chi connectivity index (χ0n) is 22.1. The molecule has 4 amide bonds. The van der Waals surface area contributed by atoms with Crippen LogP contribution in [-0.2, 0) is 0 Å². The van der Waals surface area contributed by atoms with Gasteiger partial charge in [0.15, 0.2) is 0 Å². The lowest BCUT2D eigenvalue weighted by Crippen LogP contribution is -2.32. The Bertz CT molecular complexity index is 1200. The van der Waals surface area contributed by atoms with Crippen LogP contribution in [0.15, 0.2) is 72.8 Å². The van der Waals surface area contributed by atoms with Gasteiger partial charge >= 0.3 is 0 Å². The molecule has 3 rings (SSSR count). The predicted molar refractivity (Wildman–Crippen MR) is 150 cm³/mol. The molecule has 0 saturated heterocycles. The lowest BCUT2D eigenvalue weighted by atomic mass is 10.1. The summed E-state index contributed by atoms with van der Waals surface area (Å²) in [6.45, 7) is 7.78. The van der Waals surface area contributed by atoms with Gasteiger partial charge in [0.2, 0.25) is 0 Å². The van der Waals surface area contributed by atoms with Crippen molar-refractivity contribution in [2.75, 3.05) is 10.6 Å². The summed E-state index contributed by atoms with van der Waals surface area (Å²) in [6, 6.07) is 19.7. The third-order valence-corrected chi connectivity index (χ3v) is 6.23. The van der Waals surface area contributed by atoms with Crippen LogP contribution in [0.1, 0.15) is 82.0 Å². The molecule has 4 N–H and O–H groups in total. The van der Waals surface area contributed by atoms with Crippen LogP contribution in [-0.4, -0.2) is 35.7 Å². The summed E-state index contributed by atoms with van der Waals surface area (Å²) in [5.41, 5.74) is 2.18. The molecule has 0 saturated carbocycles. The van der Waals surface area contributed by atoms with E-state index in [-0.39, 0.29) is 23.9 Å². The van der Waals surface area contributed by atoms with Crippen molar-refractivity contribution < 1.29 is 19.2 Å². The summed E-state index contributed by atoms with van der Waals surface area (Å²) >= 11 is 0. The summed E-state index contributed by atoms with van der Waals surface area (Å²) in [5.74, 6) is -1.35. The molecule has 2 atom stereocenters. The normalized spacial score (nSPS) is 12.1. The SMILES string of the molecule is CCC(C)NC(=O)c1ccccc1NC(=O)c1ccc(C(=O)Nc2ccccc2C(=O)NC(C)CC)cc1. The van der Waals surface area contributed by atoms with E-state index in [9.17, 15) is 19.2 Å². The lowest BCUT2D eigenvalue weighted by molar-refractivity contribution is 0.0930. The van der Waals surface area contributed by atoms with Crippen molar-refractivity contribution >= 4 is 35.0 Å². The van der Waals surface area contributed by atoms with Crippen molar-refractivity contribution in [3.63, 3.8) is 0 Å². The van der Waals surface area contributed by atoms with Crippen LogP contribution in [0.25, 0.3) is 0 Å². The number of benzene rings is 3. The second-order valence-corrected chi connectivity index (χ2v) is 9.14. The van der Waals surface area contributed by atoms with Gasteiger partial charge in [-0.2, -0.15) is 0 Å². The summed E-state index contributed by atoms with van der Waals surface area (Å²) in [6.07, 6.45) is 1.58. The largest absolute Gasteiger partial charge is 0.350 e. The highest BCUT2D eigenvalue weighted by molar-refractivity contribution is 6.11. The zero-order chi connectivity index (χ0) is 27.7. The van der Waals surface area contributed by atoms with Gasteiger partial charge in [0.05, 0.1) is 22.5 Å². The highest BCUT2D eigenvalue weighted by atomic mass is 16.2. The van der Waals surface area contributed by atoms with E-state index in [2.05, 4.69) is 21.3 Å². The Hall–Kier alpha value is -4.46. The number of hydrogen-bond donors (Lipinski definition) is 4. The predicted octanol–water partition coefficient (Wildman–Crippen LogP) is 5.25. The molecule has 0 aromatic heterocycles. The molecule has 8 nitrogen and oxygen atoms in total. The quantitative estimate of drug-likeness (QED) is 0.296. The van der Waals surface area contributed by atoms with E-state index in [1.54, 1.807) is 48.5 Å². The number of anilines is 2. The maximum absolute atomic E-state index is 12.9. The van der Waals surface area contributed by atoms with Gasteiger partial charge in [0.25, 0.3) is 23.6 Å². The summed E-state index contributed by atoms with van der Waals surface area (Å²) in [4.78, 5) is 51.0. The molecule has 0 radical (unpaired) electrons. The molecule has 3 aromatic carbocycles. The maximum Gasteiger partial charge on any atom is 0.255 e. The molecule has 0 spiro atoms. The van der Waals surface area contributed by atoms with Gasteiger partial charge in [-0.1, -0.05) is 38.1 Å². The molecule has 3 aromatic rings. The Labute approximate surface area is 223 Å². The number of para-hydroxylation sites is 2. The number of carbonyl (C=O) groups excluding carboxylic acids is 4. The van der Waals surface area contributed by atoms with Crippen LogP contribution >= 0.6 is 0 Å². The van der Waals surface area contributed by atoms with Gasteiger partial charge in [0, 0.05) is 23.2 Å². The maximum atomic E-state index is 12.9. The standard InChI is InChI=1S/C30H34N4O4/c1-5-19(3)31-29(37)23-11-7-9-13-25(23)33-27(35)21-15-17-22(18-16-21)28(36)34-26-14-10-8-12-24(26)30(38)32-20(4)6-2/h7-20H,5-6H2,1-4H3,(H,31,37)(H,32,38)(H,33,35)(H,34,36). The molecular formula is C30H34N4O4. The summed E-state index contributed by atoms with van der Waals surface area (Å²) in [5, 5.41) is 11.4. The van der Waals surface area contributed by atoms with Gasteiger partial charge in [-0.05, 0) is 75.2 Å². The van der Waals surface area contributed by atoms with E-state index in [0.717, 1.165) is 12.8 Å². The Morgan fingerprint density at radius 1 is 0.553 bits per heavy atom. The molecule has 8 heteroatoms. The van der Waals surface area contributed by atoms with E-state index in [1.807, 2.05) is 27.7 Å². The summed E-state index contributed by atoms with van der Waals surface area (Å²) in [7, 11) is 0. The lowest BCUT2D eigenvalue weighted by Gasteiger charge is -2.15. The van der Waals surface area contributed by atoms with Crippen molar-refractivity contribution in [1.82, 2.24) is 10.6 Å². The molecule has 0 fully saturated rings. The average molecular weight is 515 g/mol. The molecule has 0 heterocycles. The smallest absolute Gasteiger partial charge is 0.255 e. The molecule has 38 heavy (non-hydrogen) atoms. The van der Waals surface area contributed by atoms with Gasteiger partial charge < -0.3 is 21.3 Å². The number of carbonyl (C=O) groups is 4. The molecular weight excluding hydrogens is 480 g/mol. The van der Waals surface area contributed by atoms with E-state index in [4.69, 9.17) is 0 Å².